The molecule has 1 fully saturated rings. The van der Waals surface area contributed by atoms with Crippen LogP contribution in [-0.4, -0.2) is 6.04 Å². The number of halogens is 3. The molecule has 0 unspecified atom stereocenters. The van der Waals surface area contributed by atoms with E-state index in [0.717, 1.165) is 22.3 Å². The second-order valence-corrected chi connectivity index (χ2v) is 6.48. The van der Waals surface area contributed by atoms with Crippen molar-refractivity contribution in [2.45, 2.75) is 24.8 Å². The normalized spacial score (nSPS) is 21.4. The minimum Gasteiger partial charge on any atom is -0.380 e. The van der Waals surface area contributed by atoms with Gasteiger partial charge in [0.05, 0.1) is 5.69 Å². The van der Waals surface area contributed by atoms with Crippen LogP contribution in [-0.2, 0) is 0 Å². The smallest absolute Gasteiger partial charge is 0.146 e. The van der Waals surface area contributed by atoms with Gasteiger partial charge >= 0.3 is 0 Å². The van der Waals surface area contributed by atoms with Crippen LogP contribution in [0, 0.1) is 5.82 Å². The fourth-order valence-corrected chi connectivity index (χ4v) is 3.27. The Balaban J connectivity index is 1.64. The summed E-state index contributed by atoms with van der Waals surface area (Å²) in [6.45, 7) is 0. The van der Waals surface area contributed by atoms with Crippen LogP contribution in [0.2, 0.25) is 5.02 Å². The Hall–Kier alpha value is -1.06. The maximum atomic E-state index is 13.7. The highest BCUT2D eigenvalue weighted by Crippen LogP contribution is 2.41. The summed E-state index contributed by atoms with van der Waals surface area (Å²) in [4.78, 5) is 0. The number of rotatable bonds is 3. The van der Waals surface area contributed by atoms with Gasteiger partial charge in [-0.05, 0) is 48.6 Å². The molecule has 0 amide bonds. The van der Waals surface area contributed by atoms with Crippen LogP contribution in [0.5, 0.6) is 0 Å². The molecule has 0 heterocycles. The fraction of sp³-hybridized carbons (Fsp3) is 0.250. The molecule has 1 aliphatic carbocycles. The molecule has 0 saturated heterocycles. The highest BCUT2D eigenvalue weighted by Gasteiger charge is 2.31. The van der Waals surface area contributed by atoms with E-state index in [9.17, 15) is 4.39 Å². The molecule has 1 saturated carbocycles. The summed E-state index contributed by atoms with van der Waals surface area (Å²) >= 11 is 9.56. The molecule has 1 N–H and O–H groups in total. The van der Waals surface area contributed by atoms with E-state index in [2.05, 4.69) is 27.3 Å². The van der Waals surface area contributed by atoms with Crippen LogP contribution >= 0.6 is 27.5 Å². The summed E-state index contributed by atoms with van der Waals surface area (Å²) < 4.78 is 14.5. The molecular formula is C16H14BrClFN. The van der Waals surface area contributed by atoms with Crippen LogP contribution in [0.15, 0.2) is 46.9 Å². The van der Waals surface area contributed by atoms with Crippen molar-refractivity contribution in [2.75, 3.05) is 5.32 Å². The second kappa shape index (κ2) is 5.74. The lowest BCUT2D eigenvalue weighted by molar-refractivity contribution is 0.373. The van der Waals surface area contributed by atoms with Gasteiger partial charge in [-0.25, -0.2) is 4.39 Å². The monoisotopic (exact) mass is 353 g/mol. The van der Waals surface area contributed by atoms with Gasteiger partial charge in [-0.2, -0.15) is 0 Å². The molecule has 0 spiro atoms. The lowest BCUT2D eigenvalue weighted by Crippen LogP contribution is -2.34. The molecule has 104 valence electrons. The van der Waals surface area contributed by atoms with Crippen LogP contribution in [0.3, 0.4) is 0 Å². The van der Waals surface area contributed by atoms with Crippen molar-refractivity contribution in [3.05, 3.63) is 63.3 Å². The van der Waals surface area contributed by atoms with E-state index in [4.69, 9.17) is 11.6 Å². The summed E-state index contributed by atoms with van der Waals surface area (Å²) in [5.74, 6) is 0.255. The fourth-order valence-electron chi connectivity index (χ4n) is 2.62. The first-order valence-electron chi connectivity index (χ1n) is 6.59. The van der Waals surface area contributed by atoms with Crippen LogP contribution < -0.4 is 5.32 Å². The lowest BCUT2D eigenvalue weighted by Gasteiger charge is -2.37. The van der Waals surface area contributed by atoms with Crippen molar-refractivity contribution in [3.8, 4) is 0 Å². The molecule has 0 aromatic heterocycles. The van der Waals surface area contributed by atoms with E-state index in [1.165, 1.54) is 11.6 Å². The first-order valence-corrected chi connectivity index (χ1v) is 7.76. The largest absolute Gasteiger partial charge is 0.380 e. The van der Waals surface area contributed by atoms with E-state index < -0.39 is 0 Å². The maximum Gasteiger partial charge on any atom is 0.146 e. The van der Waals surface area contributed by atoms with Crippen molar-refractivity contribution in [3.63, 3.8) is 0 Å². The summed E-state index contributed by atoms with van der Waals surface area (Å²) in [6.07, 6.45) is 1.96. The minimum atomic E-state index is -0.214. The van der Waals surface area contributed by atoms with Gasteiger partial charge in [0.15, 0.2) is 0 Å². The molecule has 20 heavy (non-hydrogen) atoms. The molecule has 1 nitrogen and oxygen atoms in total. The third kappa shape index (κ3) is 2.84. The van der Waals surface area contributed by atoms with Crippen molar-refractivity contribution in [1.29, 1.82) is 0 Å². The summed E-state index contributed by atoms with van der Waals surface area (Å²) in [5, 5.41) is 4.08. The second-order valence-electron chi connectivity index (χ2n) is 5.16. The van der Waals surface area contributed by atoms with Gasteiger partial charge in [0.1, 0.15) is 5.82 Å². The zero-order valence-electron chi connectivity index (χ0n) is 10.7. The molecule has 3 rings (SSSR count). The van der Waals surface area contributed by atoms with Gasteiger partial charge in [-0.3, -0.25) is 0 Å². The first kappa shape index (κ1) is 13.9. The quantitative estimate of drug-likeness (QED) is 0.756. The molecule has 0 radical (unpaired) electrons. The standard InChI is InChI=1S/C16H14BrClFN/c17-11-5-6-15(19)16(9-11)20-12-7-10(8-12)13-3-1-2-4-14(13)18/h1-6,9-10,12,20H,7-8H2. The van der Waals surface area contributed by atoms with Gasteiger partial charge in [-0.1, -0.05) is 45.7 Å². The number of benzene rings is 2. The van der Waals surface area contributed by atoms with Crippen molar-refractivity contribution >= 4 is 33.2 Å². The van der Waals surface area contributed by atoms with Gasteiger partial charge in [0.25, 0.3) is 0 Å². The van der Waals surface area contributed by atoms with E-state index in [-0.39, 0.29) is 5.82 Å². The molecule has 0 aliphatic heterocycles. The number of anilines is 1. The zero-order valence-corrected chi connectivity index (χ0v) is 13.1. The molecule has 1 aliphatic rings. The molecular weight excluding hydrogens is 341 g/mol. The summed E-state index contributed by atoms with van der Waals surface area (Å²) in [6, 6.07) is 13.2. The summed E-state index contributed by atoms with van der Waals surface area (Å²) in [5.41, 5.74) is 1.75. The highest BCUT2D eigenvalue weighted by atomic mass is 79.9. The number of nitrogens with one attached hydrogen (secondary N) is 1. The third-order valence-corrected chi connectivity index (χ3v) is 4.61. The predicted molar refractivity (Wildman–Crippen MR) is 84.9 cm³/mol. The SMILES string of the molecule is Fc1ccc(Br)cc1NC1CC(c2ccccc2Cl)C1. The Morgan fingerprint density at radius 1 is 1.15 bits per heavy atom. The van der Waals surface area contributed by atoms with E-state index >= 15 is 0 Å². The Morgan fingerprint density at radius 3 is 2.65 bits per heavy atom. The summed E-state index contributed by atoms with van der Waals surface area (Å²) in [7, 11) is 0. The van der Waals surface area contributed by atoms with Gasteiger partial charge in [-0.15, -0.1) is 0 Å². The predicted octanol–water partition coefficient (Wildman–Crippen LogP) is 5.60. The number of hydrogen-bond acceptors (Lipinski definition) is 1. The van der Waals surface area contributed by atoms with Gasteiger partial charge in [0.2, 0.25) is 0 Å². The van der Waals surface area contributed by atoms with E-state index in [1.54, 1.807) is 12.1 Å². The third-order valence-electron chi connectivity index (χ3n) is 3.77. The lowest BCUT2D eigenvalue weighted by atomic mass is 9.76. The molecule has 0 bridgehead atoms. The Kier molecular flexibility index (Phi) is 3.99. The molecule has 4 heteroatoms. The number of hydrogen-bond donors (Lipinski definition) is 1. The highest BCUT2D eigenvalue weighted by molar-refractivity contribution is 9.10. The van der Waals surface area contributed by atoms with Crippen molar-refractivity contribution < 1.29 is 4.39 Å². The van der Waals surface area contributed by atoms with Crippen LogP contribution in [0.4, 0.5) is 10.1 Å². The molecule has 2 aromatic carbocycles. The maximum absolute atomic E-state index is 13.7. The topological polar surface area (TPSA) is 12.0 Å². The Bertz CT molecular complexity index is 626. The zero-order chi connectivity index (χ0) is 14.1. The average molecular weight is 355 g/mol. The Labute approximate surface area is 131 Å². The van der Waals surface area contributed by atoms with Gasteiger partial charge < -0.3 is 5.32 Å². The van der Waals surface area contributed by atoms with E-state index in [0.29, 0.717) is 17.6 Å². The molecule has 2 aromatic rings. The molecule has 0 atom stereocenters. The van der Waals surface area contributed by atoms with Crippen LogP contribution in [0.25, 0.3) is 0 Å². The van der Waals surface area contributed by atoms with Gasteiger partial charge in [0, 0.05) is 15.5 Å². The van der Waals surface area contributed by atoms with Crippen molar-refractivity contribution in [2.24, 2.45) is 0 Å². The average Bonchev–Trinajstić information content (AvgIpc) is 2.38. The first-order chi connectivity index (χ1) is 9.63. The van der Waals surface area contributed by atoms with Crippen molar-refractivity contribution in [1.82, 2.24) is 0 Å². The van der Waals surface area contributed by atoms with Crippen LogP contribution in [0.1, 0.15) is 24.3 Å². The minimum absolute atomic E-state index is 0.214. The Morgan fingerprint density at radius 2 is 1.90 bits per heavy atom. The van der Waals surface area contributed by atoms with E-state index in [1.807, 2.05) is 18.2 Å².